The molecule has 0 unspecified atom stereocenters. The molecule has 0 saturated carbocycles. The van der Waals surface area contributed by atoms with Crippen LogP contribution in [0.3, 0.4) is 0 Å². The number of benzene rings is 2. The first-order valence-electron chi connectivity index (χ1n) is 10.0. The molecule has 2 aliphatic rings. The van der Waals surface area contributed by atoms with Crippen LogP contribution in [0.4, 0.5) is 11.4 Å². The summed E-state index contributed by atoms with van der Waals surface area (Å²) in [5.41, 5.74) is 2.27. The van der Waals surface area contributed by atoms with Crippen LogP contribution in [-0.2, 0) is 9.59 Å². The van der Waals surface area contributed by atoms with Gasteiger partial charge in [-0.2, -0.15) is 0 Å². The van der Waals surface area contributed by atoms with E-state index >= 15 is 0 Å². The van der Waals surface area contributed by atoms with Crippen LogP contribution in [-0.4, -0.2) is 25.7 Å². The average Bonchev–Trinajstić information content (AvgIpc) is 3.23. The van der Waals surface area contributed by atoms with Crippen LogP contribution in [0, 0.1) is 0 Å². The van der Waals surface area contributed by atoms with Gasteiger partial charge in [-0.15, -0.1) is 0 Å². The summed E-state index contributed by atoms with van der Waals surface area (Å²) in [7, 11) is 3.97. The van der Waals surface area contributed by atoms with E-state index in [-0.39, 0.29) is 11.6 Å². The van der Waals surface area contributed by atoms with Gasteiger partial charge in [0.05, 0.1) is 21.4 Å². The molecule has 2 heterocycles. The Hall–Kier alpha value is -2.44. The lowest BCUT2D eigenvalue weighted by Crippen LogP contribution is -2.11. The Bertz CT molecular complexity index is 962. The van der Waals surface area contributed by atoms with Crippen molar-refractivity contribution in [1.82, 2.24) is 0 Å². The topological polar surface area (TPSA) is 40.6 Å². The molecule has 0 spiro atoms. The van der Waals surface area contributed by atoms with Crippen molar-refractivity contribution in [1.29, 1.82) is 0 Å². The van der Waals surface area contributed by atoms with Crippen LogP contribution < -0.4 is 9.80 Å². The van der Waals surface area contributed by atoms with Crippen LogP contribution in [0.25, 0.3) is 0 Å². The molecule has 0 radical (unpaired) electrons. The number of unbranched alkanes of at least 4 members (excludes halogenated alkanes) is 1. The number of thioether (sulfide) groups is 2. The summed E-state index contributed by atoms with van der Waals surface area (Å²) < 4.78 is 0. The van der Waals surface area contributed by atoms with Gasteiger partial charge in [-0.3, -0.25) is 9.59 Å². The SMILES string of the molecule is CN1/C(=C/C(=O)CCCCC(=O)/C=C2/Sc3ccccc3N2C)Sc2ccccc21. The number of allylic oxidation sites excluding steroid dienone is 2. The maximum absolute atomic E-state index is 12.4. The fourth-order valence-electron chi connectivity index (χ4n) is 3.51. The molecular weight excluding hydrogens is 412 g/mol. The third-order valence-corrected chi connectivity index (χ3v) is 7.54. The second-order valence-corrected chi connectivity index (χ2v) is 9.49. The van der Waals surface area contributed by atoms with Gasteiger partial charge < -0.3 is 9.80 Å². The van der Waals surface area contributed by atoms with E-state index < -0.39 is 0 Å². The van der Waals surface area contributed by atoms with E-state index in [1.807, 2.05) is 38.4 Å². The number of hydrogen-bond donors (Lipinski definition) is 0. The molecule has 0 N–H and O–H groups in total. The standard InChI is InChI=1S/C24H24N2O2S2/c1-25-19-11-5-7-13-21(19)29-23(25)15-17(27)9-3-4-10-18(28)16-24-26(2)20-12-6-8-14-22(20)30-24/h5-8,11-16H,3-4,9-10H2,1-2H3/b23-15-,24-16+. The highest BCUT2D eigenvalue weighted by molar-refractivity contribution is 8.04. The third kappa shape index (κ3) is 4.50. The van der Waals surface area contributed by atoms with Crippen molar-refractivity contribution < 1.29 is 9.59 Å². The molecule has 0 saturated heterocycles. The minimum absolute atomic E-state index is 0.115. The van der Waals surface area contributed by atoms with Gasteiger partial charge in [-0.05, 0) is 37.1 Å². The van der Waals surface area contributed by atoms with Crippen molar-refractivity contribution >= 4 is 46.5 Å². The Morgan fingerprint density at radius 3 is 1.53 bits per heavy atom. The van der Waals surface area contributed by atoms with E-state index in [0.29, 0.717) is 12.8 Å². The van der Waals surface area contributed by atoms with Crippen LogP contribution in [0.5, 0.6) is 0 Å². The monoisotopic (exact) mass is 436 g/mol. The molecule has 4 rings (SSSR count). The van der Waals surface area contributed by atoms with Crippen molar-refractivity contribution in [2.75, 3.05) is 23.9 Å². The first-order valence-corrected chi connectivity index (χ1v) is 11.7. The highest BCUT2D eigenvalue weighted by atomic mass is 32.2. The highest BCUT2D eigenvalue weighted by Gasteiger charge is 2.23. The lowest BCUT2D eigenvalue weighted by atomic mass is 10.1. The highest BCUT2D eigenvalue weighted by Crippen LogP contribution is 2.45. The Balaban J connectivity index is 1.23. The van der Waals surface area contributed by atoms with Gasteiger partial charge in [0.25, 0.3) is 0 Å². The number of carbonyl (C=O) groups excluding carboxylic acids is 2. The number of carbonyl (C=O) groups is 2. The quantitative estimate of drug-likeness (QED) is 0.400. The molecule has 154 valence electrons. The average molecular weight is 437 g/mol. The molecular formula is C24H24N2O2S2. The third-order valence-electron chi connectivity index (χ3n) is 5.21. The van der Waals surface area contributed by atoms with Crippen molar-refractivity contribution in [2.45, 2.75) is 35.5 Å². The van der Waals surface area contributed by atoms with E-state index in [2.05, 4.69) is 34.1 Å². The van der Waals surface area contributed by atoms with Gasteiger partial charge >= 0.3 is 0 Å². The number of rotatable bonds is 7. The zero-order valence-electron chi connectivity index (χ0n) is 17.1. The molecule has 2 aromatic carbocycles. The molecule has 6 heteroatoms. The first-order chi connectivity index (χ1) is 14.5. The van der Waals surface area contributed by atoms with Gasteiger partial charge in [0.1, 0.15) is 0 Å². The number of hydrogen-bond acceptors (Lipinski definition) is 6. The summed E-state index contributed by atoms with van der Waals surface area (Å²) in [4.78, 5) is 31.2. The van der Waals surface area contributed by atoms with Crippen LogP contribution >= 0.6 is 23.5 Å². The summed E-state index contributed by atoms with van der Waals surface area (Å²) in [6.45, 7) is 0. The summed E-state index contributed by atoms with van der Waals surface area (Å²) >= 11 is 3.25. The second kappa shape index (κ2) is 9.14. The van der Waals surface area contributed by atoms with Crippen molar-refractivity contribution in [3.05, 3.63) is 70.7 Å². The summed E-state index contributed by atoms with van der Waals surface area (Å²) in [5.74, 6) is 0.231. The van der Waals surface area contributed by atoms with Crippen LogP contribution in [0.1, 0.15) is 25.7 Å². The zero-order chi connectivity index (χ0) is 21.1. The molecule has 0 fully saturated rings. The Labute approximate surface area is 186 Å². The number of anilines is 2. The maximum atomic E-state index is 12.4. The zero-order valence-corrected chi connectivity index (χ0v) is 18.8. The smallest absolute Gasteiger partial charge is 0.158 e. The molecule has 0 aromatic heterocycles. The molecule has 0 aliphatic carbocycles. The van der Waals surface area contributed by atoms with Gasteiger partial charge in [-0.25, -0.2) is 0 Å². The Kier molecular flexibility index (Phi) is 6.35. The summed E-state index contributed by atoms with van der Waals surface area (Å²) in [6.07, 6.45) is 5.85. The summed E-state index contributed by atoms with van der Waals surface area (Å²) in [6, 6.07) is 16.3. The summed E-state index contributed by atoms with van der Waals surface area (Å²) in [5, 5.41) is 1.92. The normalized spacial score (nSPS) is 17.5. The molecule has 0 bridgehead atoms. The van der Waals surface area contributed by atoms with Gasteiger partial charge in [-0.1, -0.05) is 47.8 Å². The predicted molar refractivity (Wildman–Crippen MR) is 126 cm³/mol. The van der Waals surface area contributed by atoms with Crippen LogP contribution in [0.15, 0.2) is 80.5 Å². The fourth-order valence-corrected chi connectivity index (χ4v) is 5.73. The molecule has 2 aromatic rings. The van der Waals surface area contributed by atoms with E-state index in [1.54, 1.807) is 35.7 Å². The van der Waals surface area contributed by atoms with E-state index in [1.165, 1.54) is 9.79 Å². The largest absolute Gasteiger partial charge is 0.338 e. The lowest BCUT2D eigenvalue weighted by molar-refractivity contribution is -0.116. The van der Waals surface area contributed by atoms with Gasteiger partial charge in [0, 0.05) is 48.9 Å². The Morgan fingerprint density at radius 1 is 0.733 bits per heavy atom. The molecule has 0 amide bonds. The molecule has 30 heavy (non-hydrogen) atoms. The maximum Gasteiger partial charge on any atom is 0.158 e. The number of ketones is 2. The number of para-hydroxylation sites is 2. The van der Waals surface area contributed by atoms with Gasteiger partial charge in [0.2, 0.25) is 0 Å². The van der Waals surface area contributed by atoms with Crippen LogP contribution in [0.2, 0.25) is 0 Å². The predicted octanol–water partition coefficient (Wildman–Crippen LogP) is 5.85. The minimum atomic E-state index is 0.115. The van der Waals surface area contributed by atoms with E-state index in [0.717, 1.165) is 34.3 Å². The molecule has 4 nitrogen and oxygen atoms in total. The van der Waals surface area contributed by atoms with E-state index in [4.69, 9.17) is 0 Å². The number of fused-ring (bicyclic) bond motifs is 2. The molecule has 2 aliphatic heterocycles. The minimum Gasteiger partial charge on any atom is -0.338 e. The lowest BCUT2D eigenvalue weighted by Gasteiger charge is -2.13. The van der Waals surface area contributed by atoms with Crippen molar-refractivity contribution in [3.8, 4) is 0 Å². The van der Waals surface area contributed by atoms with Crippen molar-refractivity contribution in [2.24, 2.45) is 0 Å². The van der Waals surface area contributed by atoms with Crippen molar-refractivity contribution in [3.63, 3.8) is 0 Å². The second-order valence-electron chi connectivity index (χ2n) is 7.36. The first kappa shape index (κ1) is 20.8. The Morgan fingerprint density at radius 2 is 1.13 bits per heavy atom. The van der Waals surface area contributed by atoms with E-state index in [9.17, 15) is 9.59 Å². The van der Waals surface area contributed by atoms with Gasteiger partial charge in [0.15, 0.2) is 11.6 Å². The number of nitrogens with zero attached hydrogens (tertiary/aromatic N) is 2. The molecule has 0 atom stereocenters. The fraction of sp³-hybridized carbons (Fsp3) is 0.250.